The summed E-state index contributed by atoms with van der Waals surface area (Å²) in [5.74, 6) is -4.66. The summed E-state index contributed by atoms with van der Waals surface area (Å²) in [5, 5.41) is 44.6. The molecule has 0 aromatic carbocycles. The van der Waals surface area contributed by atoms with Crippen LogP contribution in [0.2, 0.25) is 0 Å². The molecule has 76 valence electrons. The summed E-state index contributed by atoms with van der Waals surface area (Å²) < 4.78 is 4.32. The molecule has 1 rings (SSSR count). The van der Waals surface area contributed by atoms with Crippen molar-refractivity contribution >= 4 is 5.97 Å². The summed E-state index contributed by atoms with van der Waals surface area (Å²) in [6, 6.07) is 0. The van der Waals surface area contributed by atoms with Crippen molar-refractivity contribution < 1.29 is 35.1 Å². The molecule has 0 radical (unpaired) electrons. The second-order valence-electron chi connectivity index (χ2n) is 2.82. The molecule has 7 heteroatoms. The molecule has 5 N–H and O–H groups in total. The highest BCUT2D eigenvalue weighted by atomic mass is 16.7. The first-order valence-corrected chi connectivity index (χ1v) is 3.53. The van der Waals surface area contributed by atoms with Gasteiger partial charge < -0.3 is 30.3 Å². The lowest BCUT2D eigenvalue weighted by molar-refractivity contribution is -0.311. The van der Waals surface area contributed by atoms with E-state index in [4.69, 9.17) is 25.5 Å². The maximum absolute atomic E-state index is 10.4. The smallest absolute Gasteiger partial charge is 0.367 e. The lowest BCUT2D eigenvalue weighted by atomic mass is 9.97. The second kappa shape index (κ2) is 3.20. The van der Waals surface area contributed by atoms with E-state index in [1.807, 2.05) is 0 Å². The van der Waals surface area contributed by atoms with Crippen LogP contribution in [0, 0.1) is 0 Å². The average molecular weight is 194 g/mol. The van der Waals surface area contributed by atoms with E-state index < -0.39 is 36.7 Å². The van der Waals surface area contributed by atoms with Crippen LogP contribution in [-0.4, -0.2) is 62.2 Å². The van der Waals surface area contributed by atoms with Gasteiger partial charge in [0.05, 0.1) is 6.61 Å². The van der Waals surface area contributed by atoms with Crippen molar-refractivity contribution in [2.24, 2.45) is 0 Å². The van der Waals surface area contributed by atoms with Crippen LogP contribution in [-0.2, 0) is 9.53 Å². The van der Waals surface area contributed by atoms with Gasteiger partial charge in [0, 0.05) is 0 Å². The van der Waals surface area contributed by atoms with Gasteiger partial charge in [-0.15, -0.1) is 0 Å². The van der Waals surface area contributed by atoms with Gasteiger partial charge in [-0.2, -0.15) is 0 Å². The molecule has 0 saturated carbocycles. The van der Waals surface area contributed by atoms with Gasteiger partial charge in [-0.05, 0) is 0 Å². The Labute approximate surface area is 72.8 Å². The molecule has 1 saturated heterocycles. The van der Waals surface area contributed by atoms with E-state index in [1.165, 1.54) is 0 Å². The number of aliphatic carboxylic acids is 1. The van der Waals surface area contributed by atoms with Crippen LogP contribution in [0.25, 0.3) is 0 Å². The molecular weight excluding hydrogens is 184 g/mol. The maximum atomic E-state index is 10.4. The minimum Gasteiger partial charge on any atom is -0.477 e. The summed E-state index contributed by atoms with van der Waals surface area (Å²) in [6.45, 7) is -0.555. The Kier molecular flexibility index (Phi) is 2.55. The zero-order chi connectivity index (χ0) is 10.2. The van der Waals surface area contributed by atoms with Crippen molar-refractivity contribution in [2.45, 2.75) is 24.1 Å². The number of carboxylic acid groups (broad SMARTS) is 1. The van der Waals surface area contributed by atoms with Gasteiger partial charge >= 0.3 is 5.97 Å². The second-order valence-corrected chi connectivity index (χ2v) is 2.82. The van der Waals surface area contributed by atoms with E-state index in [2.05, 4.69) is 4.74 Å². The van der Waals surface area contributed by atoms with Crippen LogP contribution in [0.1, 0.15) is 0 Å². The number of hydrogen-bond acceptors (Lipinski definition) is 6. The zero-order valence-electron chi connectivity index (χ0n) is 6.49. The van der Waals surface area contributed by atoms with Gasteiger partial charge in [0.1, 0.15) is 18.3 Å². The molecule has 0 aromatic rings. The Hall–Kier alpha value is -0.730. The fraction of sp³-hybridized carbons (Fsp3) is 0.833. The van der Waals surface area contributed by atoms with Gasteiger partial charge in [0.2, 0.25) is 0 Å². The molecule has 7 nitrogen and oxygen atoms in total. The van der Waals surface area contributed by atoms with Crippen molar-refractivity contribution in [1.82, 2.24) is 0 Å². The number of carbonyl (C=O) groups is 1. The molecule has 0 bridgehead atoms. The van der Waals surface area contributed by atoms with E-state index in [0.29, 0.717) is 0 Å². The van der Waals surface area contributed by atoms with Crippen molar-refractivity contribution in [3.8, 4) is 0 Å². The van der Waals surface area contributed by atoms with E-state index in [9.17, 15) is 4.79 Å². The third kappa shape index (κ3) is 1.52. The third-order valence-corrected chi connectivity index (χ3v) is 1.90. The van der Waals surface area contributed by atoms with Gasteiger partial charge in [-0.1, -0.05) is 0 Å². The highest BCUT2D eigenvalue weighted by Crippen LogP contribution is 2.23. The lowest BCUT2D eigenvalue weighted by Crippen LogP contribution is -2.64. The number of ether oxygens (including phenoxy) is 1. The molecule has 1 aliphatic rings. The monoisotopic (exact) mass is 194 g/mol. The summed E-state index contributed by atoms with van der Waals surface area (Å²) >= 11 is 0. The standard InChI is InChI=1S/C6H10O7/c7-2-1-13-6(12,5(10)11)4(9)3(2)8/h2-4,7-9,12H,1H2,(H,10,11)/t2-,3+,4-,6?/m1/s1. The van der Waals surface area contributed by atoms with Crippen LogP contribution in [0.4, 0.5) is 0 Å². The quantitative estimate of drug-likeness (QED) is 0.298. The fourth-order valence-electron chi connectivity index (χ4n) is 1.03. The van der Waals surface area contributed by atoms with E-state index in [1.54, 1.807) is 0 Å². The highest BCUT2D eigenvalue weighted by molar-refractivity contribution is 5.76. The Morgan fingerprint density at radius 3 is 2.38 bits per heavy atom. The maximum Gasteiger partial charge on any atom is 0.367 e. The average Bonchev–Trinajstić information content (AvgIpc) is 2.08. The number of carboxylic acids is 1. The number of aliphatic hydroxyl groups is 4. The molecule has 0 aromatic heterocycles. The predicted molar refractivity (Wildman–Crippen MR) is 36.6 cm³/mol. The SMILES string of the molecule is O=C(O)C1(O)OC[C@@H](O)[C@H](O)[C@H]1O. The van der Waals surface area contributed by atoms with Crippen LogP contribution in [0.3, 0.4) is 0 Å². The third-order valence-electron chi connectivity index (χ3n) is 1.90. The molecule has 0 amide bonds. The Morgan fingerprint density at radius 2 is 1.92 bits per heavy atom. The lowest BCUT2D eigenvalue weighted by Gasteiger charge is -2.38. The fourth-order valence-corrected chi connectivity index (χ4v) is 1.03. The molecule has 1 aliphatic heterocycles. The largest absolute Gasteiger partial charge is 0.477 e. The van der Waals surface area contributed by atoms with Crippen molar-refractivity contribution in [3.05, 3.63) is 0 Å². The molecule has 4 atom stereocenters. The Balaban J connectivity index is 2.85. The van der Waals surface area contributed by atoms with Gasteiger partial charge in [0.15, 0.2) is 0 Å². The zero-order valence-corrected chi connectivity index (χ0v) is 6.49. The first-order chi connectivity index (χ1) is 5.89. The van der Waals surface area contributed by atoms with Crippen molar-refractivity contribution in [2.75, 3.05) is 6.61 Å². The molecule has 1 unspecified atom stereocenters. The Bertz CT molecular complexity index is 217. The molecule has 0 spiro atoms. The number of aliphatic hydroxyl groups excluding tert-OH is 3. The highest BCUT2D eigenvalue weighted by Gasteiger charge is 2.54. The Morgan fingerprint density at radius 1 is 1.38 bits per heavy atom. The predicted octanol–water partition coefficient (Wildman–Crippen LogP) is -3.13. The van der Waals surface area contributed by atoms with Gasteiger partial charge in [-0.25, -0.2) is 4.79 Å². The van der Waals surface area contributed by atoms with Gasteiger partial charge in [-0.3, -0.25) is 0 Å². The van der Waals surface area contributed by atoms with Crippen LogP contribution < -0.4 is 0 Å². The van der Waals surface area contributed by atoms with Crippen molar-refractivity contribution in [1.29, 1.82) is 0 Å². The van der Waals surface area contributed by atoms with Crippen molar-refractivity contribution in [3.63, 3.8) is 0 Å². The molecule has 0 aliphatic carbocycles. The number of hydrogen-bond donors (Lipinski definition) is 5. The molecule has 1 heterocycles. The molecule has 1 fully saturated rings. The normalized spacial score (nSPS) is 46.0. The first-order valence-electron chi connectivity index (χ1n) is 3.53. The summed E-state index contributed by atoms with van der Waals surface area (Å²) in [5.41, 5.74) is 0. The van der Waals surface area contributed by atoms with Crippen LogP contribution >= 0.6 is 0 Å². The number of rotatable bonds is 1. The summed E-state index contributed by atoms with van der Waals surface area (Å²) in [7, 11) is 0. The minimum atomic E-state index is -2.85. The summed E-state index contributed by atoms with van der Waals surface area (Å²) in [6.07, 6.45) is -5.22. The van der Waals surface area contributed by atoms with Crippen LogP contribution in [0.15, 0.2) is 0 Å². The van der Waals surface area contributed by atoms with Gasteiger partial charge in [0.25, 0.3) is 5.79 Å². The van der Waals surface area contributed by atoms with E-state index in [-0.39, 0.29) is 0 Å². The molecule has 13 heavy (non-hydrogen) atoms. The minimum absolute atomic E-state index is 0.555. The molecular formula is C6H10O7. The van der Waals surface area contributed by atoms with Crippen LogP contribution in [0.5, 0.6) is 0 Å². The van der Waals surface area contributed by atoms with E-state index in [0.717, 1.165) is 0 Å². The summed E-state index contributed by atoms with van der Waals surface area (Å²) in [4.78, 5) is 10.4. The first kappa shape index (κ1) is 10.4. The van der Waals surface area contributed by atoms with E-state index >= 15 is 0 Å². The topological polar surface area (TPSA) is 127 Å².